The monoisotopic (exact) mass is 400 g/mol. The molecule has 0 amide bonds. The fourth-order valence-corrected chi connectivity index (χ4v) is 5.91. The van der Waals surface area contributed by atoms with Crippen molar-refractivity contribution in [3.8, 4) is 22.3 Å². The van der Waals surface area contributed by atoms with Crippen molar-refractivity contribution in [1.29, 1.82) is 0 Å². The van der Waals surface area contributed by atoms with Gasteiger partial charge >= 0.3 is 0 Å². The van der Waals surface area contributed by atoms with E-state index in [2.05, 4.69) is 110 Å². The first kappa shape index (κ1) is 17.4. The number of rotatable bonds is 2. The van der Waals surface area contributed by atoms with E-state index in [-0.39, 0.29) is 0 Å². The molecule has 0 nitrogen and oxygen atoms in total. The molecule has 5 aromatic carbocycles. The molecule has 0 spiro atoms. The van der Waals surface area contributed by atoms with E-state index in [1.807, 2.05) is 11.3 Å². The van der Waals surface area contributed by atoms with Crippen LogP contribution in [0.1, 0.15) is 5.56 Å². The predicted molar refractivity (Wildman–Crippen MR) is 132 cm³/mol. The Kier molecular flexibility index (Phi) is 3.97. The standard InChI is InChI=1S/C29H20S/c1-19-9-7-13-21(17-19)26-18-22-12-5-6-14-23(22)27-25-16-8-15-24(28(25)30-29(26)27)20-10-3-2-4-11-20/h2-18H,1H3. The SMILES string of the molecule is Cc1cccc(-c2cc3ccccc3c3c2sc2c(-c4ccccc4)cccc23)c1. The second-order valence-corrected chi connectivity index (χ2v) is 8.89. The lowest BCUT2D eigenvalue weighted by Gasteiger charge is -2.09. The Morgan fingerprint density at radius 3 is 2.13 bits per heavy atom. The summed E-state index contributed by atoms with van der Waals surface area (Å²) in [6.45, 7) is 2.17. The van der Waals surface area contributed by atoms with Gasteiger partial charge in [-0.15, -0.1) is 11.3 Å². The van der Waals surface area contributed by atoms with Gasteiger partial charge in [0.25, 0.3) is 0 Å². The Labute approximate surface area is 180 Å². The summed E-state index contributed by atoms with van der Waals surface area (Å²) >= 11 is 1.93. The van der Waals surface area contributed by atoms with E-state index in [0.29, 0.717) is 0 Å². The summed E-state index contributed by atoms with van der Waals surface area (Å²) in [5.41, 5.74) is 6.50. The van der Waals surface area contributed by atoms with Crippen molar-refractivity contribution < 1.29 is 0 Å². The molecule has 0 atom stereocenters. The van der Waals surface area contributed by atoms with Gasteiger partial charge in [-0.05, 0) is 40.5 Å². The minimum absolute atomic E-state index is 1.27. The van der Waals surface area contributed by atoms with Crippen LogP contribution in [-0.2, 0) is 0 Å². The van der Waals surface area contributed by atoms with Gasteiger partial charge in [0.1, 0.15) is 0 Å². The Balaban J connectivity index is 1.80. The maximum absolute atomic E-state index is 2.37. The molecule has 0 saturated heterocycles. The predicted octanol–water partition coefficient (Wildman–Crippen LogP) is 8.85. The molecular weight excluding hydrogens is 380 g/mol. The maximum Gasteiger partial charge on any atom is 0.0440 e. The molecule has 1 aromatic heterocycles. The van der Waals surface area contributed by atoms with Gasteiger partial charge in [0.05, 0.1) is 0 Å². The lowest BCUT2D eigenvalue weighted by molar-refractivity contribution is 1.47. The van der Waals surface area contributed by atoms with Gasteiger partial charge in [-0.25, -0.2) is 0 Å². The third kappa shape index (κ3) is 2.67. The third-order valence-electron chi connectivity index (χ3n) is 5.90. The van der Waals surface area contributed by atoms with Crippen LogP contribution in [0.3, 0.4) is 0 Å². The molecule has 142 valence electrons. The Morgan fingerprint density at radius 2 is 1.27 bits per heavy atom. The van der Waals surface area contributed by atoms with E-state index >= 15 is 0 Å². The van der Waals surface area contributed by atoms with Crippen LogP contribution in [0.2, 0.25) is 0 Å². The van der Waals surface area contributed by atoms with Crippen LogP contribution in [0, 0.1) is 6.92 Å². The van der Waals surface area contributed by atoms with E-state index in [0.717, 1.165) is 0 Å². The minimum Gasteiger partial charge on any atom is -0.134 e. The molecule has 0 bridgehead atoms. The summed E-state index contributed by atoms with van der Waals surface area (Å²) in [7, 11) is 0. The highest BCUT2D eigenvalue weighted by Crippen LogP contribution is 2.46. The van der Waals surface area contributed by atoms with Gasteiger partial charge < -0.3 is 0 Å². The molecule has 30 heavy (non-hydrogen) atoms. The van der Waals surface area contributed by atoms with Gasteiger partial charge in [0, 0.05) is 25.7 Å². The maximum atomic E-state index is 2.37. The average Bonchev–Trinajstić information content (AvgIpc) is 3.19. The molecule has 0 radical (unpaired) electrons. The van der Waals surface area contributed by atoms with Gasteiger partial charge in [0.15, 0.2) is 0 Å². The Bertz CT molecular complexity index is 1540. The molecular formula is C29H20S. The summed E-state index contributed by atoms with van der Waals surface area (Å²) < 4.78 is 2.74. The molecule has 0 fully saturated rings. The molecule has 6 rings (SSSR count). The zero-order valence-electron chi connectivity index (χ0n) is 16.7. The van der Waals surface area contributed by atoms with Gasteiger partial charge in [-0.2, -0.15) is 0 Å². The summed E-state index contributed by atoms with van der Waals surface area (Å²) in [6, 6.07) is 37.5. The number of hydrogen-bond acceptors (Lipinski definition) is 1. The van der Waals surface area contributed by atoms with Crippen molar-refractivity contribution in [2.24, 2.45) is 0 Å². The van der Waals surface area contributed by atoms with Gasteiger partial charge in [-0.1, -0.05) is 103 Å². The topological polar surface area (TPSA) is 0 Å². The van der Waals surface area contributed by atoms with Gasteiger partial charge in [0.2, 0.25) is 0 Å². The zero-order valence-corrected chi connectivity index (χ0v) is 17.5. The zero-order chi connectivity index (χ0) is 20.1. The van der Waals surface area contributed by atoms with E-state index in [4.69, 9.17) is 0 Å². The molecule has 0 aliphatic carbocycles. The molecule has 0 aliphatic heterocycles. The molecule has 0 N–H and O–H groups in total. The highest BCUT2D eigenvalue weighted by atomic mass is 32.1. The van der Waals surface area contributed by atoms with E-state index in [9.17, 15) is 0 Å². The normalized spacial score (nSPS) is 11.5. The van der Waals surface area contributed by atoms with Crippen molar-refractivity contribution >= 4 is 42.3 Å². The summed E-state index contributed by atoms with van der Waals surface area (Å²) in [4.78, 5) is 0. The fraction of sp³-hybridized carbons (Fsp3) is 0.0345. The first-order valence-electron chi connectivity index (χ1n) is 10.3. The molecule has 0 aliphatic rings. The Hall–Kier alpha value is -3.42. The molecule has 0 unspecified atom stereocenters. The quantitative estimate of drug-likeness (QED) is 0.272. The van der Waals surface area contributed by atoms with Crippen molar-refractivity contribution in [1.82, 2.24) is 0 Å². The second kappa shape index (κ2) is 6.83. The summed E-state index contributed by atoms with van der Waals surface area (Å²) in [5.74, 6) is 0. The van der Waals surface area contributed by atoms with Crippen LogP contribution in [0.15, 0.2) is 103 Å². The molecule has 0 saturated carbocycles. The molecule has 6 aromatic rings. The van der Waals surface area contributed by atoms with Gasteiger partial charge in [-0.3, -0.25) is 0 Å². The van der Waals surface area contributed by atoms with E-state index < -0.39 is 0 Å². The molecule has 1 heterocycles. The van der Waals surface area contributed by atoms with Crippen molar-refractivity contribution in [2.45, 2.75) is 6.92 Å². The minimum atomic E-state index is 1.27. The third-order valence-corrected chi connectivity index (χ3v) is 7.18. The number of hydrogen-bond donors (Lipinski definition) is 0. The number of thiophene rings is 1. The van der Waals surface area contributed by atoms with Crippen molar-refractivity contribution in [2.75, 3.05) is 0 Å². The first-order valence-corrected chi connectivity index (χ1v) is 11.1. The highest BCUT2D eigenvalue weighted by molar-refractivity contribution is 7.27. The lowest BCUT2D eigenvalue weighted by atomic mass is 9.95. The van der Waals surface area contributed by atoms with Crippen LogP contribution in [0.5, 0.6) is 0 Å². The highest BCUT2D eigenvalue weighted by Gasteiger charge is 2.16. The fourth-order valence-electron chi connectivity index (χ4n) is 4.52. The smallest absolute Gasteiger partial charge is 0.0440 e. The van der Waals surface area contributed by atoms with Crippen LogP contribution >= 0.6 is 11.3 Å². The number of aryl methyl sites for hydroxylation is 1. The van der Waals surface area contributed by atoms with Crippen LogP contribution in [0.25, 0.3) is 53.2 Å². The Morgan fingerprint density at radius 1 is 0.533 bits per heavy atom. The second-order valence-electron chi connectivity index (χ2n) is 7.87. The van der Waals surface area contributed by atoms with E-state index in [1.165, 1.54) is 58.8 Å². The summed E-state index contributed by atoms with van der Waals surface area (Å²) in [6.07, 6.45) is 0. The van der Waals surface area contributed by atoms with Crippen LogP contribution in [-0.4, -0.2) is 0 Å². The number of fused-ring (bicyclic) bond motifs is 5. The lowest BCUT2D eigenvalue weighted by Crippen LogP contribution is -1.82. The first-order chi connectivity index (χ1) is 14.8. The van der Waals surface area contributed by atoms with Crippen molar-refractivity contribution in [3.05, 3.63) is 109 Å². The summed E-state index contributed by atoms with van der Waals surface area (Å²) in [5, 5.41) is 5.36. The van der Waals surface area contributed by atoms with Crippen molar-refractivity contribution in [3.63, 3.8) is 0 Å². The largest absolute Gasteiger partial charge is 0.134 e. The van der Waals surface area contributed by atoms with Crippen LogP contribution < -0.4 is 0 Å². The molecule has 1 heteroatoms. The van der Waals surface area contributed by atoms with E-state index in [1.54, 1.807) is 0 Å². The number of benzene rings is 5. The average molecular weight is 401 g/mol. The van der Waals surface area contributed by atoms with Crippen LogP contribution in [0.4, 0.5) is 0 Å².